The fourth-order valence-corrected chi connectivity index (χ4v) is 4.11. The van der Waals surface area contributed by atoms with Gasteiger partial charge in [0.25, 0.3) is 0 Å². The summed E-state index contributed by atoms with van der Waals surface area (Å²) in [5, 5.41) is 9.04. The number of sulfonamides is 1. The number of hydrogen-bond acceptors (Lipinski definition) is 5. The predicted molar refractivity (Wildman–Crippen MR) is 91.8 cm³/mol. The summed E-state index contributed by atoms with van der Waals surface area (Å²) < 4.78 is 27.0. The second-order valence-corrected chi connectivity index (χ2v) is 7.55. The van der Waals surface area contributed by atoms with Gasteiger partial charge in [-0.3, -0.25) is 14.4 Å². The molecule has 1 atom stereocenters. The van der Waals surface area contributed by atoms with E-state index in [2.05, 4.69) is 4.72 Å². The molecule has 1 aliphatic carbocycles. The molecule has 2 aromatic carbocycles. The Bertz CT molecular complexity index is 1040. The summed E-state index contributed by atoms with van der Waals surface area (Å²) >= 11 is 0. The minimum absolute atomic E-state index is 0.0139. The van der Waals surface area contributed by atoms with E-state index in [1.807, 2.05) is 0 Å². The molecule has 0 saturated heterocycles. The molecule has 0 radical (unpaired) electrons. The third-order valence-electron chi connectivity index (χ3n) is 4.21. The van der Waals surface area contributed by atoms with Crippen molar-refractivity contribution in [2.45, 2.75) is 24.3 Å². The molecule has 0 amide bonds. The van der Waals surface area contributed by atoms with E-state index in [0.29, 0.717) is 0 Å². The van der Waals surface area contributed by atoms with Crippen LogP contribution in [0.1, 0.15) is 45.2 Å². The number of rotatable bonds is 5. The van der Waals surface area contributed by atoms with Gasteiger partial charge in [-0.05, 0) is 24.6 Å². The predicted octanol–water partition coefficient (Wildman–Crippen LogP) is 1.60. The third kappa shape index (κ3) is 2.93. The molecule has 3 rings (SSSR count). The highest BCUT2D eigenvalue weighted by Crippen LogP contribution is 2.29. The number of aliphatic carboxylic acids is 1. The molecule has 0 heterocycles. The van der Waals surface area contributed by atoms with E-state index in [1.54, 1.807) is 18.2 Å². The van der Waals surface area contributed by atoms with Crippen molar-refractivity contribution in [2.75, 3.05) is 0 Å². The van der Waals surface area contributed by atoms with Crippen molar-refractivity contribution in [1.29, 1.82) is 0 Å². The second-order valence-electron chi connectivity index (χ2n) is 5.83. The van der Waals surface area contributed by atoms with Gasteiger partial charge in [-0.25, -0.2) is 8.42 Å². The molecule has 2 N–H and O–H groups in total. The smallest absolute Gasteiger partial charge is 0.321 e. The van der Waals surface area contributed by atoms with Gasteiger partial charge in [-0.2, -0.15) is 4.72 Å². The van der Waals surface area contributed by atoms with Crippen LogP contribution in [-0.4, -0.2) is 37.1 Å². The highest BCUT2D eigenvalue weighted by molar-refractivity contribution is 7.89. The van der Waals surface area contributed by atoms with E-state index < -0.39 is 27.8 Å². The molecule has 8 heteroatoms. The summed E-state index contributed by atoms with van der Waals surface area (Å²) in [4.78, 5) is 36.0. The number of carboxylic acid groups (broad SMARTS) is 1. The molecule has 134 valence electrons. The zero-order chi connectivity index (χ0) is 19.1. The molecular weight excluding hydrogens is 358 g/mol. The van der Waals surface area contributed by atoms with Gasteiger partial charge >= 0.3 is 5.97 Å². The number of fused-ring (bicyclic) bond motifs is 2. The third-order valence-corrected chi connectivity index (χ3v) is 5.68. The lowest BCUT2D eigenvalue weighted by Crippen LogP contribution is -2.40. The first-order valence-electron chi connectivity index (χ1n) is 7.84. The molecule has 2 aromatic rings. The normalized spacial score (nSPS) is 14.5. The lowest BCUT2D eigenvalue weighted by atomic mass is 9.84. The van der Waals surface area contributed by atoms with Crippen LogP contribution in [-0.2, 0) is 14.8 Å². The molecule has 0 spiro atoms. The Morgan fingerprint density at radius 3 is 2.08 bits per heavy atom. The van der Waals surface area contributed by atoms with E-state index in [-0.39, 0.29) is 39.4 Å². The summed E-state index contributed by atoms with van der Waals surface area (Å²) in [6, 6.07) is 8.62. The molecule has 0 aromatic heterocycles. The Balaban J connectivity index is 2.06. The van der Waals surface area contributed by atoms with E-state index in [4.69, 9.17) is 5.11 Å². The fourth-order valence-electron chi connectivity index (χ4n) is 2.81. The van der Waals surface area contributed by atoms with Crippen LogP contribution in [0.4, 0.5) is 0 Å². The summed E-state index contributed by atoms with van der Waals surface area (Å²) in [6.07, 6.45) is 0.0598. The Hall–Kier alpha value is -2.84. The van der Waals surface area contributed by atoms with Crippen molar-refractivity contribution in [3.05, 3.63) is 64.7 Å². The first kappa shape index (κ1) is 18.0. The number of carbonyl (C=O) groups is 3. The van der Waals surface area contributed by atoms with Crippen molar-refractivity contribution in [3.63, 3.8) is 0 Å². The number of benzene rings is 2. The largest absolute Gasteiger partial charge is 0.480 e. The highest BCUT2D eigenvalue weighted by atomic mass is 32.2. The second kappa shape index (κ2) is 6.47. The van der Waals surface area contributed by atoms with Crippen molar-refractivity contribution >= 4 is 27.6 Å². The molecule has 0 fully saturated rings. The number of carboxylic acids is 1. The van der Waals surface area contributed by atoms with Crippen molar-refractivity contribution in [3.8, 4) is 0 Å². The fraction of sp³-hybridized carbons (Fsp3) is 0.167. The minimum Gasteiger partial charge on any atom is -0.480 e. The average Bonchev–Trinajstić information content (AvgIpc) is 2.63. The van der Waals surface area contributed by atoms with Crippen molar-refractivity contribution < 1.29 is 27.9 Å². The summed E-state index contributed by atoms with van der Waals surface area (Å²) in [5.74, 6) is -2.10. The maximum Gasteiger partial charge on any atom is 0.321 e. The number of hydrogen-bond donors (Lipinski definition) is 2. The summed E-state index contributed by atoms with van der Waals surface area (Å²) in [6.45, 7) is 1.54. The summed E-state index contributed by atoms with van der Waals surface area (Å²) in [7, 11) is -4.16. The van der Waals surface area contributed by atoms with Gasteiger partial charge in [0.1, 0.15) is 6.04 Å². The van der Waals surface area contributed by atoms with E-state index in [1.165, 1.54) is 25.1 Å². The van der Waals surface area contributed by atoms with Gasteiger partial charge in [0, 0.05) is 22.3 Å². The molecule has 1 aliphatic rings. The van der Waals surface area contributed by atoms with E-state index in [0.717, 1.165) is 6.07 Å². The standard InChI is InChI=1S/C18H15NO6S/c1-2-15(18(22)23)19-26(24,25)10-7-8-13-14(9-10)17(21)12-6-4-3-5-11(12)16(13)20/h3-9,15,19H,2H2,1H3,(H,22,23)/t15-/m0/s1. The Kier molecular flexibility index (Phi) is 4.47. The zero-order valence-electron chi connectivity index (χ0n) is 13.7. The monoisotopic (exact) mass is 373 g/mol. The molecule has 0 aliphatic heterocycles. The van der Waals surface area contributed by atoms with Crippen LogP contribution < -0.4 is 4.72 Å². The average molecular weight is 373 g/mol. The van der Waals surface area contributed by atoms with Crippen molar-refractivity contribution in [2.24, 2.45) is 0 Å². The van der Waals surface area contributed by atoms with Crippen LogP contribution in [0.5, 0.6) is 0 Å². The van der Waals surface area contributed by atoms with Crippen LogP contribution in [0.15, 0.2) is 47.4 Å². The van der Waals surface area contributed by atoms with Crippen LogP contribution in [0.2, 0.25) is 0 Å². The van der Waals surface area contributed by atoms with Gasteiger partial charge in [0.2, 0.25) is 10.0 Å². The SMILES string of the molecule is CC[C@H](NS(=O)(=O)c1ccc2c(c1)C(=O)c1ccccc1C2=O)C(=O)O. The maximum absolute atomic E-state index is 12.7. The van der Waals surface area contributed by atoms with Crippen LogP contribution >= 0.6 is 0 Å². The molecule has 0 bridgehead atoms. The first-order chi connectivity index (χ1) is 12.3. The quantitative estimate of drug-likeness (QED) is 0.701. The zero-order valence-corrected chi connectivity index (χ0v) is 14.5. The van der Waals surface area contributed by atoms with Gasteiger partial charge < -0.3 is 5.11 Å². The molecule has 7 nitrogen and oxygen atoms in total. The van der Waals surface area contributed by atoms with Crippen molar-refractivity contribution in [1.82, 2.24) is 4.72 Å². The van der Waals surface area contributed by atoms with Gasteiger partial charge in [0.05, 0.1) is 4.90 Å². The number of carbonyl (C=O) groups excluding carboxylic acids is 2. The summed E-state index contributed by atoms with van der Waals surface area (Å²) in [5.41, 5.74) is 0.595. The molecular formula is C18H15NO6S. The Morgan fingerprint density at radius 1 is 1.00 bits per heavy atom. The number of ketones is 2. The lowest BCUT2D eigenvalue weighted by molar-refractivity contribution is -0.139. The lowest BCUT2D eigenvalue weighted by Gasteiger charge is -2.19. The van der Waals surface area contributed by atoms with E-state index in [9.17, 15) is 22.8 Å². The minimum atomic E-state index is -4.16. The molecule has 0 saturated carbocycles. The first-order valence-corrected chi connectivity index (χ1v) is 9.32. The Labute approximate surface area is 149 Å². The molecule has 26 heavy (non-hydrogen) atoms. The maximum atomic E-state index is 12.7. The topological polar surface area (TPSA) is 118 Å². The van der Waals surface area contributed by atoms with Gasteiger partial charge in [-0.15, -0.1) is 0 Å². The molecule has 0 unspecified atom stereocenters. The van der Waals surface area contributed by atoms with Gasteiger partial charge in [0.15, 0.2) is 11.6 Å². The number of nitrogens with one attached hydrogen (secondary N) is 1. The Morgan fingerprint density at radius 2 is 1.54 bits per heavy atom. The van der Waals surface area contributed by atoms with Gasteiger partial charge in [-0.1, -0.05) is 31.2 Å². The van der Waals surface area contributed by atoms with Crippen LogP contribution in [0, 0.1) is 0 Å². The van der Waals surface area contributed by atoms with Crippen LogP contribution in [0.25, 0.3) is 0 Å². The van der Waals surface area contributed by atoms with Crippen LogP contribution in [0.3, 0.4) is 0 Å². The van der Waals surface area contributed by atoms with E-state index >= 15 is 0 Å². The highest BCUT2D eigenvalue weighted by Gasteiger charge is 2.31.